The molecule has 0 atom stereocenters. The Morgan fingerprint density at radius 3 is 2.69 bits per heavy atom. The van der Waals surface area contributed by atoms with Gasteiger partial charge in [-0.25, -0.2) is 0 Å². The third kappa shape index (κ3) is 3.33. The molecule has 0 aromatic heterocycles. The van der Waals surface area contributed by atoms with Gasteiger partial charge in [0, 0.05) is 4.47 Å². The first kappa shape index (κ1) is 10.5. The second-order valence-corrected chi connectivity index (χ2v) is 3.91. The van der Waals surface area contributed by atoms with Gasteiger partial charge in [0.2, 0.25) is 0 Å². The van der Waals surface area contributed by atoms with E-state index in [4.69, 9.17) is 5.73 Å². The topological polar surface area (TPSA) is 26.0 Å². The maximum atomic E-state index is 5.45. The SMILES string of the molecule is C=C(CCN)Cc1ccccc1Br. The highest BCUT2D eigenvalue weighted by atomic mass is 79.9. The van der Waals surface area contributed by atoms with E-state index in [2.05, 4.69) is 28.6 Å². The van der Waals surface area contributed by atoms with Gasteiger partial charge in [0.15, 0.2) is 0 Å². The van der Waals surface area contributed by atoms with Gasteiger partial charge in [0.05, 0.1) is 0 Å². The van der Waals surface area contributed by atoms with Crippen molar-refractivity contribution in [3.8, 4) is 0 Å². The number of rotatable bonds is 4. The lowest BCUT2D eigenvalue weighted by Crippen LogP contribution is -2.01. The Morgan fingerprint density at radius 1 is 1.38 bits per heavy atom. The molecule has 0 saturated heterocycles. The van der Waals surface area contributed by atoms with Crippen molar-refractivity contribution in [3.05, 3.63) is 46.5 Å². The van der Waals surface area contributed by atoms with Gasteiger partial charge >= 0.3 is 0 Å². The quantitative estimate of drug-likeness (QED) is 0.804. The van der Waals surface area contributed by atoms with E-state index in [0.717, 1.165) is 17.3 Å². The van der Waals surface area contributed by atoms with Crippen LogP contribution in [0.1, 0.15) is 12.0 Å². The van der Waals surface area contributed by atoms with Crippen molar-refractivity contribution in [1.82, 2.24) is 0 Å². The molecule has 0 radical (unpaired) electrons. The van der Waals surface area contributed by atoms with Crippen LogP contribution >= 0.6 is 15.9 Å². The van der Waals surface area contributed by atoms with Crippen molar-refractivity contribution in [1.29, 1.82) is 0 Å². The zero-order valence-corrected chi connectivity index (χ0v) is 9.18. The van der Waals surface area contributed by atoms with Crippen molar-refractivity contribution in [2.45, 2.75) is 12.8 Å². The molecule has 1 aromatic carbocycles. The molecular formula is C11H14BrN. The first-order chi connectivity index (χ1) is 6.24. The Balaban J connectivity index is 2.63. The number of hydrogen-bond donors (Lipinski definition) is 1. The summed E-state index contributed by atoms with van der Waals surface area (Å²) in [6.07, 6.45) is 1.82. The highest BCUT2D eigenvalue weighted by molar-refractivity contribution is 9.10. The van der Waals surface area contributed by atoms with Gasteiger partial charge in [-0.15, -0.1) is 0 Å². The van der Waals surface area contributed by atoms with Gasteiger partial charge in [0.1, 0.15) is 0 Å². The molecule has 2 N–H and O–H groups in total. The fourth-order valence-electron chi connectivity index (χ4n) is 1.20. The minimum absolute atomic E-state index is 0.684. The number of benzene rings is 1. The number of hydrogen-bond acceptors (Lipinski definition) is 1. The van der Waals surface area contributed by atoms with E-state index in [-0.39, 0.29) is 0 Å². The van der Waals surface area contributed by atoms with Crippen LogP contribution in [0.15, 0.2) is 40.9 Å². The van der Waals surface area contributed by atoms with Crippen LogP contribution in [0, 0.1) is 0 Å². The number of halogens is 1. The number of nitrogens with two attached hydrogens (primary N) is 1. The predicted octanol–water partition coefficient (Wildman–Crippen LogP) is 2.90. The smallest absolute Gasteiger partial charge is 0.0210 e. The lowest BCUT2D eigenvalue weighted by Gasteiger charge is -2.05. The van der Waals surface area contributed by atoms with Crippen LogP contribution in [-0.2, 0) is 6.42 Å². The van der Waals surface area contributed by atoms with Crippen LogP contribution < -0.4 is 5.73 Å². The van der Waals surface area contributed by atoms with Crippen molar-refractivity contribution in [2.24, 2.45) is 5.73 Å². The molecule has 13 heavy (non-hydrogen) atoms. The third-order valence-corrected chi connectivity index (χ3v) is 2.67. The van der Waals surface area contributed by atoms with E-state index in [1.807, 2.05) is 18.2 Å². The van der Waals surface area contributed by atoms with E-state index in [9.17, 15) is 0 Å². The van der Waals surface area contributed by atoms with E-state index >= 15 is 0 Å². The standard InChI is InChI=1S/C11H14BrN/c1-9(6-7-13)8-10-4-2-3-5-11(10)12/h2-5H,1,6-8,13H2. The second-order valence-electron chi connectivity index (χ2n) is 3.06. The predicted molar refractivity (Wildman–Crippen MR) is 60.7 cm³/mol. The molecule has 70 valence electrons. The zero-order chi connectivity index (χ0) is 9.68. The molecule has 1 aromatic rings. The van der Waals surface area contributed by atoms with Crippen molar-refractivity contribution < 1.29 is 0 Å². The molecule has 2 heteroatoms. The summed E-state index contributed by atoms with van der Waals surface area (Å²) in [6.45, 7) is 4.66. The summed E-state index contributed by atoms with van der Waals surface area (Å²) < 4.78 is 1.15. The van der Waals surface area contributed by atoms with Gasteiger partial charge in [-0.3, -0.25) is 0 Å². The summed E-state index contributed by atoms with van der Waals surface area (Å²) in [7, 11) is 0. The van der Waals surface area contributed by atoms with Crippen LogP contribution in [0.4, 0.5) is 0 Å². The minimum Gasteiger partial charge on any atom is -0.330 e. The summed E-state index contributed by atoms with van der Waals surface area (Å²) in [5.74, 6) is 0. The molecule has 0 aliphatic heterocycles. The molecule has 0 saturated carbocycles. The Labute approximate surface area is 87.8 Å². The Morgan fingerprint density at radius 2 is 2.08 bits per heavy atom. The molecule has 0 heterocycles. The van der Waals surface area contributed by atoms with Gasteiger partial charge in [-0.1, -0.05) is 46.3 Å². The van der Waals surface area contributed by atoms with Crippen molar-refractivity contribution >= 4 is 15.9 Å². The molecule has 0 unspecified atom stereocenters. The van der Waals surface area contributed by atoms with Crippen molar-refractivity contribution in [2.75, 3.05) is 6.54 Å². The largest absolute Gasteiger partial charge is 0.330 e. The summed E-state index contributed by atoms with van der Waals surface area (Å²) in [5, 5.41) is 0. The lowest BCUT2D eigenvalue weighted by atomic mass is 10.0. The monoisotopic (exact) mass is 239 g/mol. The summed E-state index contributed by atoms with van der Waals surface area (Å²) in [4.78, 5) is 0. The van der Waals surface area contributed by atoms with Crippen LogP contribution in [-0.4, -0.2) is 6.54 Å². The first-order valence-corrected chi connectivity index (χ1v) is 5.13. The zero-order valence-electron chi connectivity index (χ0n) is 7.59. The van der Waals surface area contributed by atoms with E-state index in [1.165, 1.54) is 11.1 Å². The van der Waals surface area contributed by atoms with Gasteiger partial charge in [0.25, 0.3) is 0 Å². The average molecular weight is 240 g/mol. The molecule has 0 amide bonds. The molecular weight excluding hydrogens is 226 g/mol. The van der Waals surface area contributed by atoms with Crippen LogP contribution in [0.2, 0.25) is 0 Å². The van der Waals surface area contributed by atoms with Crippen LogP contribution in [0.3, 0.4) is 0 Å². The van der Waals surface area contributed by atoms with Gasteiger partial charge in [-0.05, 0) is 31.0 Å². The van der Waals surface area contributed by atoms with Crippen LogP contribution in [0.5, 0.6) is 0 Å². The lowest BCUT2D eigenvalue weighted by molar-refractivity contribution is 0.912. The maximum Gasteiger partial charge on any atom is 0.0210 e. The Bertz CT molecular complexity index is 294. The molecule has 0 fully saturated rings. The Hall–Kier alpha value is -0.600. The summed E-state index contributed by atoms with van der Waals surface area (Å²) in [6, 6.07) is 8.20. The maximum absolute atomic E-state index is 5.45. The molecule has 1 rings (SSSR count). The van der Waals surface area contributed by atoms with Crippen LogP contribution in [0.25, 0.3) is 0 Å². The van der Waals surface area contributed by atoms with E-state index < -0.39 is 0 Å². The highest BCUT2D eigenvalue weighted by Crippen LogP contribution is 2.19. The first-order valence-electron chi connectivity index (χ1n) is 4.34. The van der Waals surface area contributed by atoms with Crippen molar-refractivity contribution in [3.63, 3.8) is 0 Å². The average Bonchev–Trinajstić information content (AvgIpc) is 2.09. The summed E-state index contributed by atoms with van der Waals surface area (Å²) in [5.41, 5.74) is 7.92. The fourth-order valence-corrected chi connectivity index (χ4v) is 1.63. The third-order valence-electron chi connectivity index (χ3n) is 1.90. The fraction of sp³-hybridized carbons (Fsp3) is 0.273. The van der Waals surface area contributed by atoms with Gasteiger partial charge < -0.3 is 5.73 Å². The molecule has 0 bridgehead atoms. The Kier molecular flexibility index (Phi) is 4.19. The molecule has 0 aliphatic carbocycles. The molecule has 1 nitrogen and oxygen atoms in total. The van der Waals surface area contributed by atoms with Gasteiger partial charge in [-0.2, -0.15) is 0 Å². The molecule has 0 aliphatic rings. The minimum atomic E-state index is 0.684. The molecule has 0 spiro atoms. The second kappa shape index (κ2) is 5.20. The van der Waals surface area contributed by atoms with E-state index in [0.29, 0.717) is 6.54 Å². The normalized spacial score (nSPS) is 10.0. The highest BCUT2D eigenvalue weighted by Gasteiger charge is 2.00. The summed E-state index contributed by atoms with van der Waals surface area (Å²) >= 11 is 3.50. The van der Waals surface area contributed by atoms with E-state index in [1.54, 1.807) is 0 Å².